The van der Waals surface area contributed by atoms with Gasteiger partial charge in [-0.05, 0) is 146 Å². The molecule has 20 nitrogen and oxygen atoms in total. The van der Waals surface area contributed by atoms with E-state index in [1.165, 1.54) is 70.3 Å². The first-order valence-electron chi connectivity index (χ1n) is 20.0. The first-order valence-corrected chi connectivity index (χ1v) is 21.4. The zero-order chi connectivity index (χ0) is 49.2. The van der Waals surface area contributed by atoms with Gasteiger partial charge in [-0.15, -0.1) is 0 Å². The Bertz CT molecular complexity index is 2120. The van der Waals surface area contributed by atoms with Crippen LogP contribution in [0.25, 0.3) is 0 Å². The van der Waals surface area contributed by atoms with Gasteiger partial charge < -0.3 is 33.2 Å². The number of ether oxygens (including phenoxy) is 7. The molecule has 3 N–H and O–H groups in total. The number of nitrogens with one attached hydrogen (secondary N) is 3. The van der Waals surface area contributed by atoms with Gasteiger partial charge in [0.1, 0.15) is 34.0 Å². The molecular formula is C43H63N5O15S. The van der Waals surface area contributed by atoms with E-state index >= 15 is 0 Å². The molecule has 2 aromatic rings. The average Bonchev–Trinajstić information content (AvgIpc) is 3.06. The second kappa shape index (κ2) is 21.1. The van der Waals surface area contributed by atoms with Crippen LogP contribution in [0, 0.1) is 0 Å². The lowest BCUT2D eigenvalue weighted by Gasteiger charge is -2.29. The van der Waals surface area contributed by atoms with Crippen molar-refractivity contribution in [2.45, 2.75) is 151 Å². The van der Waals surface area contributed by atoms with E-state index in [0.29, 0.717) is 4.31 Å². The highest BCUT2D eigenvalue weighted by molar-refractivity contribution is 7.87. The summed E-state index contributed by atoms with van der Waals surface area (Å²) in [5, 5.41) is 4.73. The van der Waals surface area contributed by atoms with Crippen LogP contribution in [0.2, 0.25) is 0 Å². The Morgan fingerprint density at radius 1 is 0.641 bits per heavy atom. The molecule has 0 saturated heterocycles. The van der Waals surface area contributed by atoms with Gasteiger partial charge in [-0.3, -0.25) is 20.2 Å². The third-order valence-corrected chi connectivity index (χ3v) is 8.44. The molecule has 0 radical (unpaired) electrons. The van der Waals surface area contributed by atoms with Crippen LogP contribution in [-0.2, 0) is 50.0 Å². The number of methoxy groups -OCH3 is 1. The third-order valence-electron chi connectivity index (χ3n) is 7.00. The number of hydrogen-bond acceptors (Lipinski definition) is 16. The molecule has 2 aromatic carbocycles. The minimum Gasteiger partial charge on any atom is -0.493 e. The van der Waals surface area contributed by atoms with Crippen molar-refractivity contribution in [3.63, 3.8) is 0 Å². The molecule has 0 aliphatic carbocycles. The highest BCUT2D eigenvalue weighted by Crippen LogP contribution is 2.30. The molecule has 21 heteroatoms. The van der Waals surface area contributed by atoms with Gasteiger partial charge in [0.2, 0.25) is 5.96 Å². The number of rotatable bonds is 12. The summed E-state index contributed by atoms with van der Waals surface area (Å²) in [7, 11) is -3.73. The van der Waals surface area contributed by atoms with Crippen molar-refractivity contribution in [1.82, 2.24) is 19.7 Å². The summed E-state index contributed by atoms with van der Waals surface area (Å²) >= 11 is 0. The topological polar surface area (TPSA) is 253 Å². The van der Waals surface area contributed by atoms with Gasteiger partial charge in [-0.2, -0.15) is 17.4 Å². The Morgan fingerprint density at radius 3 is 1.58 bits per heavy atom. The van der Waals surface area contributed by atoms with Crippen molar-refractivity contribution in [3.8, 4) is 11.5 Å². The monoisotopic (exact) mass is 921 g/mol. The number of benzene rings is 2. The number of guanidine groups is 1. The van der Waals surface area contributed by atoms with Gasteiger partial charge in [0.05, 0.1) is 31.3 Å². The van der Waals surface area contributed by atoms with Crippen LogP contribution < -0.4 is 24.8 Å². The molecule has 0 heterocycles. The lowest BCUT2D eigenvalue weighted by Crippen LogP contribution is -2.52. The molecule has 0 aliphatic heterocycles. The Balaban J connectivity index is 2.44. The zero-order valence-corrected chi connectivity index (χ0v) is 40.3. The Morgan fingerprint density at radius 2 is 1.12 bits per heavy atom. The number of carbonyl (C=O) groups excluding carboxylic acids is 6. The van der Waals surface area contributed by atoms with Crippen LogP contribution in [-0.4, -0.2) is 96.0 Å². The average molecular weight is 922 g/mol. The smallest absolute Gasteiger partial charge is 0.425 e. The fourth-order valence-corrected chi connectivity index (χ4v) is 6.03. The van der Waals surface area contributed by atoms with Crippen LogP contribution in [0.1, 0.15) is 126 Å². The summed E-state index contributed by atoms with van der Waals surface area (Å²) in [5.41, 5.74) is -4.53. The molecule has 0 aromatic heterocycles. The number of aliphatic imine (C=N–C) groups is 1. The maximum absolute atomic E-state index is 14.0. The van der Waals surface area contributed by atoms with Gasteiger partial charge in [-0.25, -0.2) is 24.2 Å². The highest BCUT2D eigenvalue weighted by atomic mass is 32.2. The van der Waals surface area contributed by atoms with Gasteiger partial charge in [0.25, 0.3) is 0 Å². The predicted octanol–water partition coefficient (Wildman–Crippen LogP) is 6.96. The van der Waals surface area contributed by atoms with E-state index in [9.17, 15) is 37.2 Å². The van der Waals surface area contributed by atoms with Crippen molar-refractivity contribution in [1.29, 1.82) is 0 Å². The number of amides is 3. The number of carbonyl (C=O) groups is 6. The first kappa shape index (κ1) is 54.2. The molecule has 0 spiro atoms. The van der Waals surface area contributed by atoms with Gasteiger partial charge >= 0.3 is 46.4 Å². The summed E-state index contributed by atoms with van der Waals surface area (Å²) in [6.07, 6.45) is -3.90. The van der Waals surface area contributed by atoms with Gasteiger partial charge in [0.15, 0.2) is 11.5 Å². The van der Waals surface area contributed by atoms with Crippen LogP contribution in [0.4, 0.5) is 20.1 Å². The molecule has 2 rings (SSSR count). The molecule has 0 saturated carbocycles. The molecule has 64 heavy (non-hydrogen) atoms. The molecular weight excluding hydrogens is 859 g/mol. The predicted molar refractivity (Wildman–Crippen MR) is 234 cm³/mol. The minimum absolute atomic E-state index is 0.0378. The van der Waals surface area contributed by atoms with E-state index < -0.39 is 93.4 Å². The number of nitrogens with zero attached hydrogens (tertiary/aromatic N) is 2. The lowest BCUT2D eigenvalue weighted by molar-refractivity contribution is -0.164. The second-order valence-electron chi connectivity index (χ2n) is 19.1. The molecule has 0 fully saturated rings. The van der Waals surface area contributed by atoms with Crippen LogP contribution in [0.5, 0.6) is 11.5 Å². The van der Waals surface area contributed by atoms with Gasteiger partial charge in [0, 0.05) is 0 Å². The fraction of sp³-hybridized carbons (Fsp3) is 0.558. The normalized spacial score (nSPS) is 12.7. The number of esters is 3. The molecule has 356 valence electrons. The van der Waals surface area contributed by atoms with Gasteiger partial charge in [-0.1, -0.05) is 6.07 Å². The van der Waals surface area contributed by atoms with Crippen LogP contribution >= 0.6 is 0 Å². The largest absolute Gasteiger partial charge is 0.493 e. The molecule has 3 amide bonds. The van der Waals surface area contributed by atoms with Crippen molar-refractivity contribution < 1.29 is 70.3 Å². The number of hydrogen-bond donors (Lipinski definition) is 3. The molecule has 1 unspecified atom stereocenters. The molecule has 1 atom stereocenters. The van der Waals surface area contributed by atoms with Crippen molar-refractivity contribution in [2.75, 3.05) is 7.11 Å². The Labute approximate surface area is 375 Å². The Hall–Kier alpha value is -5.96. The summed E-state index contributed by atoms with van der Waals surface area (Å²) in [6.45, 7) is 23.3. The van der Waals surface area contributed by atoms with E-state index in [0.717, 1.165) is 0 Å². The standard InChI is InChI=1S/C43H63N5O15S/c1-39(2,3)59-32(49)24-29(34(51)60-40(4,5)6)47-64(55,56)48(38(54)63-43(13,14)15)25-26-17-22-30(31(23-26)57-16)58-33(50)27-18-20-28(21-19-27)44-35(45-36(52)61-41(7,8)9)46-37(53)62-42(10,11)12/h17-23,29,47H,24-25H2,1-16H3,(H2,44,45,46,52,53). The van der Waals surface area contributed by atoms with Crippen molar-refractivity contribution >= 4 is 58.0 Å². The van der Waals surface area contributed by atoms with Crippen molar-refractivity contribution in [2.24, 2.45) is 4.99 Å². The number of alkyl carbamates (subject to hydrolysis) is 2. The van der Waals surface area contributed by atoms with E-state index in [1.54, 1.807) is 83.1 Å². The fourth-order valence-electron chi connectivity index (χ4n) is 4.81. The Kier molecular flexibility index (Phi) is 17.9. The van der Waals surface area contributed by atoms with E-state index in [4.69, 9.17) is 33.2 Å². The van der Waals surface area contributed by atoms with E-state index in [-0.39, 0.29) is 34.3 Å². The summed E-state index contributed by atoms with van der Waals surface area (Å²) < 4.78 is 68.1. The maximum Gasteiger partial charge on any atom is 0.425 e. The van der Waals surface area contributed by atoms with E-state index in [2.05, 4.69) is 20.3 Å². The maximum atomic E-state index is 14.0. The van der Waals surface area contributed by atoms with Crippen LogP contribution in [0.15, 0.2) is 47.5 Å². The second-order valence-corrected chi connectivity index (χ2v) is 20.7. The summed E-state index contributed by atoms with van der Waals surface area (Å²) in [6, 6.07) is 7.72. The first-order chi connectivity index (χ1) is 28.9. The minimum atomic E-state index is -4.99. The van der Waals surface area contributed by atoms with Crippen molar-refractivity contribution in [3.05, 3.63) is 53.6 Å². The molecule has 0 aliphatic rings. The highest BCUT2D eigenvalue weighted by Gasteiger charge is 2.39. The summed E-state index contributed by atoms with van der Waals surface area (Å²) in [4.78, 5) is 82.1. The lowest BCUT2D eigenvalue weighted by atomic mass is 10.1. The van der Waals surface area contributed by atoms with Crippen LogP contribution in [0.3, 0.4) is 0 Å². The third kappa shape index (κ3) is 20.5. The van der Waals surface area contributed by atoms with E-state index in [1.807, 2.05) is 0 Å². The SMILES string of the molecule is COc1cc(CN(C(=O)OC(C)(C)C)S(=O)(=O)NC(CC(=O)OC(C)(C)C)C(=O)OC(C)(C)C)ccc1OC(=O)c1ccc(N=C(NC(=O)OC(C)(C)C)NC(=O)OC(C)(C)C)cc1. The summed E-state index contributed by atoms with van der Waals surface area (Å²) in [5.74, 6) is -3.30. The molecule has 0 bridgehead atoms. The zero-order valence-electron chi connectivity index (χ0n) is 39.5. The quantitative estimate of drug-likeness (QED) is 0.0639.